The van der Waals surface area contributed by atoms with Gasteiger partial charge in [-0.25, -0.2) is 4.98 Å². The number of aromatic nitrogens is 2. The second-order valence-electron chi connectivity index (χ2n) is 9.02. The van der Waals surface area contributed by atoms with Gasteiger partial charge in [0.05, 0.1) is 23.9 Å². The zero-order valence-corrected chi connectivity index (χ0v) is 22.0. The molecule has 0 atom stereocenters. The smallest absolute Gasteiger partial charge is 0.294 e. The third kappa shape index (κ3) is 6.28. The lowest BCUT2D eigenvalue weighted by atomic mass is 9.97. The molecular weight excluding hydrogens is 494 g/mol. The van der Waals surface area contributed by atoms with Gasteiger partial charge in [0, 0.05) is 38.0 Å². The van der Waals surface area contributed by atoms with Crippen LogP contribution >= 0.6 is 11.6 Å². The topological polar surface area (TPSA) is 109 Å². The van der Waals surface area contributed by atoms with Gasteiger partial charge in [-0.2, -0.15) is 4.98 Å². The average molecular weight is 524 g/mol. The van der Waals surface area contributed by atoms with E-state index >= 15 is 0 Å². The van der Waals surface area contributed by atoms with Crippen molar-refractivity contribution in [1.29, 1.82) is 0 Å². The highest BCUT2D eigenvalue weighted by molar-refractivity contribution is 6.32. The maximum absolute atomic E-state index is 11.9. The van der Waals surface area contributed by atoms with Crippen molar-refractivity contribution in [3.63, 3.8) is 0 Å². The molecule has 0 aliphatic heterocycles. The summed E-state index contributed by atoms with van der Waals surface area (Å²) < 4.78 is 5.55. The predicted octanol–water partition coefficient (Wildman–Crippen LogP) is 5.49. The van der Waals surface area contributed by atoms with Crippen LogP contribution in [0, 0.1) is 10.1 Å². The number of nitro benzene ring substituents is 1. The Hall–Kier alpha value is -3.89. The summed E-state index contributed by atoms with van der Waals surface area (Å²) in [7, 11) is 7.23. The lowest BCUT2D eigenvalue weighted by Crippen LogP contribution is -2.28. The number of benzene rings is 2. The van der Waals surface area contributed by atoms with Crippen LogP contribution in [0.2, 0.25) is 5.02 Å². The summed E-state index contributed by atoms with van der Waals surface area (Å²) in [4.78, 5) is 24.1. The van der Waals surface area contributed by atoms with Crippen molar-refractivity contribution < 1.29 is 9.66 Å². The summed E-state index contributed by atoms with van der Waals surface area (Å²) in [5, 5.41) is 18.6. The number of ether oxygens (including phenoxy) is 1. The van der Waals surface area contributed by atoms with Crippen molar-refractivity contribution in [2.24, 2.45) is 0 Å². The number of hydrogen-bond acceptors (Lipinski definition) is 9. The molecule has 0 unspecified atom stereocenters. The number of nitrogens with one attached hydrogen (secondary N) is 2. The number of nitrogens with zero attached hydrogens (tertiary/aromatic N) is 5. The van der Waals surface area contributed by atoms with Gasteiger partial charge in [0.1, 0.15) is 16.5 Å². The molecule has 3 aromatic rings. The zero-order valence-electron chi connectivity index (χ0n) is 21.3. The van der Waals surface area contributed by atoms with E-state index in [4.69, 9.17) is 16.3 Å². The first-order valence-electron chi connectivity index (χ1n) is 11.8. The van der Waals surface area contributed by atoms with Crippen LogP contribution in [0.1, 0.15) is 17.5 Å². The molecule has 2 aromatic carbocycles. The number of hydrogen-bond donors (Lipinski definition) is 2. The molecule has 11 heteroatoms. The molecule has 1 heterocycles. The van der Waals surface area contributed by atoms with Crippen molar-refractivity contribution in [3.8, 4) is 5.75 Å². The van der Waals surface area contributed by atoms with E-state index in [1.54, 1.807) is 6.07 Å². The van der Waals surface area contributed by atoms with Crippen LogP contribution in [0.5, 0.6) is 5.75 Å². The van der Waals surface area contributed by atoms with Crippen molar-refractivity contribution in [1.82, 2.24) is 14.9 Å². The van der Waals surface area contributed by atoms with Crippen LogP contribution in [0.25, 0.3) is 6.08 Å². The Balaban J connectivity index is 1.61. The lowest BCUT2D eigenvalue weighted by molar-refractivity contribution is -0.384. The van der Waals surface area contributed by atoms with Gasteiger partial charge in [-0.1, -0.05) is 29.8 Å². The molecule has 10 nitrogen and oxygen atoms in total. The minimum atomic E-state index is -0.410. The number of aryl methyl sites for hydroxylation is 1. The van der Waals surface area contributed by atoms with Crippen molar-refractivity contribution in [2.75, 3.05) is 56.9 Å². The fraction of sp³-hybridized carbons (Fsp3) is 0.308. The van der Waals surface area contributed by atoms with E-state index in [-0.39, 0.29) is 11.6 Å². The van der Waals surface area contributed by atoms with Gasteiger partial charge in [0.2, 0.25) is 5.95 Å². The Kier molecular flexibility index (Phi) is 8.10. The van der Waals surface area contributed by atoms with Crippen LogP contribution in [0.3, 0.4) is 0 Å². The Morgan fingerprint density at radius 1 is 1.16 bits per heavy atom. The lowest BCUT2D eigenvalue weighted by Gasteiger charge is -2.22. The van der Waals surface area contributed by atoms with Crippen LogP contribution < -0.4 is 20.3 Å². The third-order valence-electron chi connectivity index (χ3n) is 6.06. The summed E-state index contributed by atoms with van der Waals surface area (Å²) in [6, 6.07) is 9.19. The molecule has 37 heavy (non-hydrogen) atoms. The standard InChI is InChI=1S/C26H30ClN7O3/c1-32(2)11-12-33(3)22-15-24(37-4)21(14-23(22)34(35)36)30-26-28-16-20(27)25(31-26)29-19-10-9-17-7-5-6-8-18(17)13-19/h5,7,9-10,13-16H,6,8,11-12H2,1-4H3,(H2,28,29,30,31). The molecule has 0 bridgehead atoms. The molecule has 194 valence electrons. The molecule has 0 radical (unpaired) electrons. The van der Waals surface area contributed by atoms with E-state index in [0.717, 1.165) is 25.1 Å². The number of anilines is 5. The van der Waals surface area contributed by atoms with E-state index in [1.807, 2.05) is 37.0 Å². The van der Waals surface area contributed by atoms with Crippen LogP contribution in [-0.2, 0) is 6.42 Å². The first-order chi connectivity index (χ1) is 17.7. The number of likely N-dealkylation sites (N-methyl/N-ethyl adjacent to an activating group) is 2. The van der Waals surface area contributed by atoms with Crippen LogP contribution in [-0.4, -0.2) is 61.1 Å². The number of methoxy groups -OCH3 is 1. The molecule has 1 aliphatic rings. The number of halogens is 1. The van der Waals surface area contributed by atoms with Gasteiger partial charge in [-0.15, -0.1) is 0 Å². The minimum absolute atomic E-state index is 0.0556. The highest BCUT2D eigenvalue weighted by Gasteiger charge is 2.22. The SMILES string of the molecule is COc1cc(N(C)CCN(C)C)c([N+](=O)[O-])cc1Nc1ncc(Cl)c(Nc2ccc3c(c2)CCC=C3)n1. The Morgan fingerprint density at radius 3 is 2.70 bits per heavy atom. The fourth-order valence-electron chi connectivity index (χ4n) is 4.03. The Bertz CT molecular complexity index is 1330. The highest BCUT2D eigenvalue weighted by Crippen LogP contribution is 2.39. The van der Waals surface area contributed by atoms with Gasteiger partial charge < -0.3 is 25.2 Å². The summed E-state index contributed by atoms with van der Waals surface area (Å²) in [5.41, 5.74) is 4.09. The Labute approximate surface area is 221 Å². The Morgan fingerprint density at radius 2 is 1.97 bits per heavy atom. The van der Waals surface area contributed by atoms with Gasteiger partial charge >= 0.3 is 0 Å². The van der Waals surface area contributed by atoms with Gasteiger partial charge in [-0.05, 0) is 50.2 Å². The molecule has 0 spiro atoms. The number of fused-ring (bicyclic) bond motifs is 1. The summed E-state index contributed by atoms with van der Waals surface area (Å²) in [6.07, 6.45) is 7.76. The van der Waals surface area contributed by atoms with E-state index < -0.39 is 4.92 Å². The maximum atomic E-state index is 11.9. The molecule has 1 aromatic heterocycles. The second kappa shape index (κ2) is 11.4. The van der Waals surface area contributed by atoms with Crippen LogP contribution in [0.4, 0.5) is 34.5 Å². The summed E-state index contributed by atoms with van der Waals surface area (Å²) >= 11 is 6.38. The molecule has 4 rings (SSSR count). The second-order valence-corrected chi connectivity index (χ2v) is 9.43. The normalized spacial score (nSPS) is 12.3. The summed E-state index contributed by atoms with van der Waals surface area (Å²) in [5.74, 6) is 1.06. The van der Waals surface area contributed by atoms with Crippen molar-refractivity contribution in [2.45, 2.75) is 12.8 Å². The van der Waals surface area contributed by atoms with E-state index in [1.165, 1.54) is 30.5 Å². The fourth-order valence-corrected chi connectivity index (χ4v) is 4.17. The zero-order chi connectivity index (χ0) is 26.5. The van der Waals surface area contributed by atoms with E-state index in [0.29, 0.717) is 34.5 Å². The monoisotopic (exact) mass is 523 g/mol. The largest absolute Gasteiger partial charge is 0.494 e. The van der Waals surface area contributed by atoms with Crippen molar-refractivity contribution >= 4 is 52.2 Å². The number of allylic oxidation sites excluding steroid dienone is 1. The highest BCUT2D eigenvalue weighted by atomic mass is 35.5. The van der Waals surface area contributed by atoms with E-state index in [2.05, 4.69) is 44.9 Å². The van der Waals surface area contributed by atoms with Crippen LogP contribution in [0.15, 0.2) is 42.6 Å². The molecule has 0 fully saturated rings. The molecule has 0 saturated heterocycles. The number of nitro groups is 1. The minimum Gasteiger partial charge on any atom is -0.494 e. The summed E-state index contributed by atoms with van der Waals surface area (Å²) in [6.45, 7) is 1.35. The van der Waals surface area contributed by atoms with Gasteiger partial charge in [-0.3, -0.25) is 10.1 Å². The average Bonchev–Trinajstić information content (AvgIpc) is 2.88. The first kappa shape index (κ1) is 26.2. The van der Waals surface area contributed by atoms with Gasteiger partial charge in [0.25, 0.3) is 5.69 Å². The first-order valence-corrected chi connectivity index (χ1v) is 12.2. The molecule has 2 N–H and O–H groups in total. The quantitative estimate of drug-likeness (QED) is 0.263. The van der Waals surface area contributed by atoms with Crippen molar-refractivity contribution in [3.05, 3.63) is 68.9 Å². The van der Waals surface area contributed by atoms with Gasteiger partial charge in [0.15, 0.2) is 5.82 Å². The molecule has 0 amide bonds. The molecule has 1 aliphatic carbocycles. The van der Waals surface area contributed by atoms with E-state index in [9.17, 15) is 10.1 Å². The molecular formula is C26H30ClN7O3. The number of rotatable bonds is 10. The predicted molar refractivity (Wildman–Crippen MR) is 149 cm³/mol. The maximum Gasteiger partial charge on any atom is 0.294 e. The third-order valence-corrected chi connectivity index (χ3v) is 6.34. The molecule has 0 saturated carbocycles.